The fourth-order valence-corrected chi connectivity index (χ4v) is 3.63. The van der Waals surface area contributed by atoms with E-state index in [1.54, 1.807) is 20.4 Å². The largest absolute Gasteiger partial charge is 0.496 e. The molecule has 0 bridgehead atoms. The SMILES string of the molecule is COc1ccc(OC)c2c1CN(Cc1cccc3nccn13)CC2O. The number of benzene rings is 1. The zero-order valence-corrected chi connectivity index (χ0v) is 14.3. The second kappa shape index (κ2) is 6.38. The number of hydrogen-bond donors (Lipinski definition) is 1. The Kier molecular flexibility index (Phi) is 4.07. The molecule has 3 heterocycles. The van der Waals surface area contributed by atoms with Gasteiger partial charge in [0.2, 0.25) is 0 Å². The lowest BCUT2D eigenvalue weighted by Gasteiger charge is -2.34. The molecule has 0 saturated carbocycles. The lowest BCUT2D eigenvalue weighted by atomic mass is 9.95. The highest BCUT2D eigenvalue weighted by atomic mass is 16.5. The highest BCUT2D eigenvalue weighted by Gasteiger charge is 2.29. The maximum Gasteiger partial charge on any atom is 0.136 e. The summed E-state index contributed by atoms with van der Waals surface area (Å²) in [5.74, 6) is 1.49. The summed E-state index contributed by atoms with van der Waals surface area (Å²) in [7, 11) is 3.28. The van der Waals surface area contributed by atoms with Crippen LogP contribution in [-0.4, -0.2) is 40.2 Å². The van der Waals surface area contributed by atoms with Crippen LogP contribution >= 0.6 is 0 Å². The molecular weight excluding hydrogens is 318 g/mol. The fraction of sp³-hybridized carbons (Fsp3) is 0.316. The Morgan fingerprint density at radius 1 is 1.16 bits per heavy atom. The van der Waals surface area contributed by atoms with Crippen molar-refractivity contribution in [3.8, 4) is 11.5 Å². The van der Waals surface area contributed by atoms with Crippen molar-refractivity contribution in [3.05, 3.63) is 59.5 Å². The Labute approximate surface area is 146 Å². The number of rotatable bonds is 4. The van der Waals surface area contributed by atoms with Crippen LogP contribution in [0, 0.1) is 0 Å². The Balaban J connectivity index is 1.68. The third kappa shape index (κ3) is 2.73. The first-order chi connectivity index (χ1) is 12.2. The molecule has 6 heteroatoms. The number of hydrogen-bond acceptors (Lipinski definition) is 5. The van der Waals surface area contributed by atoms with E-state index in [1.165, 1.54) is 0 Å². The van der Waals surface area contributed by atoms with Crippen molar-refractivity contribution in [1.82, 2.24) is 14.3 Å². The molecule has 0 amide bonds. The molecule has 0 aliphatic carbocycles. The number of β-amino-alcohol motifs (C(OH)–C–C–N with tert-alkyl or cyclic N) is 1. The van der Waals surface area contributed by atoms with Crippen LogP contribution in [0.4, 0.5) is 0 Å². The van der Waals surface area contributed by atoms with Gasteiger partial charge in [0.1, 0.15) is 17.1 Å². The van der Waals surface area contributed by atoms with Crippen molar-refractivity contribution in [2.45, 2.75) is 19.2 Å². The number of aromatic nitrogens is 2. The standard InChI is InChI=1S/C19H21N3O3/c1-24-16-6-7-17(25-2)19-14(16)11-21(12-15(19)23)10-13-4-3-5-18-20-8-9-22(13)18/h3-9,15,23H,10-12H2,1-2H3. The molecule has 1 aliphatic rings. The maximum atomic E-state index is 10.7. The van der Waals surface area contributed by atoms with Crippen molar-refractivity contribution in [2.75, 3.05) is 20.8 Å². The Hall–Kier alpha value is -2.57. The minimum Gasteiger partial charge on any atom is -0.496 e. The normalized spacial score (nSPS) is 17.5. The number of pyridine rings is 1. The summed E-state index contributed by atoms with van der Waals surface area (Å²) < 4.78 is 13.0. The van der Waals surface area contributed by atoms with E-state index in [9.17, 15) is 5.11 Å². The van der Waals surface area contributed by atoms with Crippen molar-refractivity contribution >= 4 is 5.65 Å². The molecule has 0 saturated heterocycles. The van der Waals surface area contributed by atoms with Gasteiger partial charge < -0.3 is 19.0 Å². The second-order valence-electron chi connectivity index (χ2n) is 6.22. The Morgan fingerprint density at radius 2 is 1.96 bits per heavy atom. The lowest BCUT2D eigenvalue weighted by Crippen LogP contribution is -2.34. The number of methoxy groups -OCH3 is 2. The monoisotopic (exact) mass is 339 g/mol. The van der Waals surface area contributed by atoms with E-state index >= 15 is 0 Å². The van der Waals surface area contributed by atoms with Crippen molar-refractivity contribution in [1.29, 1.82) is 0 Å². The van der Waals surface area contributed by atoms with Gasteiger partial charge in [-0.15, -0.1) is 0 Å². The van der Waals surface area contributed by atoms with Gasteiger partial charge in [-0.3, -0.25) is 4.90 Å². The van der Waals surface area contributed by atoms with Crippen LogP contribution in [0.15, 0.2) is 42.7 Å². The summed E-state index contributed by atoms with van der Waals surface area (Å²) in [6, 6.07) is 9.82. The van der Waals surface area contributed by atoms with Crippen LogP contribution in [-0.2, 0) is 13.1 Å². The summed E-state index contributed by atoms with van der Waals surface area (Å²) in [6.45, 7) is 1.95. The lowest BCUT2D eigenvalue weighted by molar-refractivity contribution is 0.0834. The van der Waals surface area contributed by atoms with Gasteiger partial charge in [0.15, 0.2) is 0 Å². The minimum atomic E-state index is -0.615. The number of aliphatic hydroxyl groups excluding tert-OH is 1. The maximum absolute atomic E-state index is 10.7. The predicted molar refractivity (Wildman–Crippen MR) is 93.8 cm³/mol. The van der Waals surface area contributed by atoms with E-state index in [2.05, 4.69) is 20.4 Å². The van der Waals surface area contributed by atoms with E-state index in [1.807, 2.05) is 30.5 Å². The average Bonchev–Trinajstić information content (AvgIpc) is 3.10. The van der Waals surface area contributed by atoms with Gasteiger partial charge in [-0.2, -0.15) is 0 Å². The van der Waals surface area contributed by atoms with E-state index in [-0.39, 0.29) is 0 Å². The van der Waals surface area contributed by atoms with Gasteiger partial charge in [0, 0.05) is 48.8 Å². The zero-order chi connectivity index (χ0) is 17.4. The molecule has 0 spiro atoms. The molecule has 0 radical (unpaired) electrons. The molecule has 3 aromatic rings. The van der Waals surface area contributed by atoms with Crippen molar-refractivity contribution in [2.24, 2.45) is 0 Å². The Bertz CT molecular complexity index is 906. The summed E-state index contributed by atoms with van der Waals surface area (Å²) in [5.41, 5.74) is 3.87. The quantitative estimate of drug-likeness (QED) is 0.791. The van der Waals surface area contributed by atoms with Gasteiger partial charge in [0.05, 0.1) is 20.3 Å². The topological polar surface area (TPSA) is 59.2 Å². The van der Waals surface area contributed by atoms with Crippen LogP contribution in [0.1, 0.15) is 22.9 Å². The number of imidazole rings is 1. The average molecular weight is 339 g/mol. The Morgan fingerprint density at radius 3 is 2.76 bits per heavy atom. The van der Waals surface area contributed by atoms with Crippen LogP contribution in [0.3, 0.4) is 0 Å². The third-order valence-corrected chi connectivity index (χ3v) is 4.76. The third-order valence-electron chi connectivity index (χ3n) is 4.76. The number of ether oxygens (including phenoxy) is 2. The van der Waals surface area contributed by atoms with E-state index < -0.39 is 6.10 Å². The first kappa shape index (κ1) is 15.9. The molecule has 0 fully saturated rings. The summed E-state index contributed by atoms with van der Waals surface area (Å²) in [4.78, 5) is 6.54. The van der Waals surface area contributed by atoms with Gasteiger partial charge in [-0.1, -0.05) is 6.07 Å². The molecule has 130 valence electrons. The first-order valence-electron chi connectivity index (χ1n) is 8.26. The van der Waals surface area contributed by atoms with Crippen LogP contribution < -0.4 is 9.47 Å². The van der Waals surface area contributed by atoms with Crippen LogP contribution in [0.25, 0.3) is 5.65 Å². The van der Waals surface area contributed by atoms with E-state index in [0.717, 1.165) is 28.2 Å². The van der Waals surface area contributed by atoms with Gasteiger partial charge in [-0.25, -0.2) is 4.98 Å². The molecule has 1 aromatic carbocycles. The summed E-state index contributed by atoms with van der Waals surface area (Å²) in [6.07, 6.45) is 3.14. The van der Waals surface area contributed by atoms with Crippen molar-refractivity contribution in [3.63, 3.8) is 0 Å². The van der Waals surface area contributed by atoms with Crippen LogP contribution in [0.2, 0.25) is 0 Å². The van der Waals surface area contributed by atoms with E-state index in [4.69, 9.17) is 9.47 Å². The minimum absolute atomic E-state index is 0.543. The number of fused-ring (bicyclic) bond motifs is 2. The summed E-state index contributed by atoms with van der Waals surface area (Å²) in [5, 5.41) is 10.7. The molecule has 4 rings (SSSR count). The number of nitrogens with zero attached hydrogens (tertiary/aromatic N) is 3. The first-order valence-corrected chi connectivity index (χ1v) is 8.26. The molecule has 1 aliphatic heterocycles. The van der Waals surface area contributed by atoms with Gasteiger partial charge >= 0.3 is 0 Å². The molecule has 2 aromatic heterocycles. The molecular formula is C19H21N3O3. The van der Waals surface area contributed by atoms with E-state index in [0.29, 0.717) is 25.4 Å². The molecule has 1 N–H and O–H groups in total. The van der Waals surface area contributed by atoms with Crippen molar-refractivity contribution < 1.29 is 14.6 Å². The van der Waals surface area contributed by atoms with Crippen LogP contribution in [0.5, 0.6) is 11.5 Å². The van der Waals surface area contributed by atoms with Gasteiger partial charge in [0.25, 0.3) is 0 Å². The molecule has 1 unspecified atom stereocenters. The predicted octanol–water partition coefficient (Wildman–Crippen LogP) is 2.40. The number of aliphatic hydroxyl groups is 1. The van der Waals surface area contributed by atoms with Gasteiger partial charge in [-0.05, 0) is 24.3 Å². The molecule has 6 nitrogen and oxygen atoms in total. The molecule has 1 atom stereocenters. The molecule has 25 heavy (non-hydrogen) atoms. The smallest absolute Gasteiger partial charge is 0.136 e. The summed E-state index contributed by atoms with van der Waals surface area (Å²) >= 11 is 0. The fourth-order valence-electron chi connectivity index (χ4n) is 3.63. The highest BCUT2D eigenvalue weighted by molar-refractivity contribution is 5.51. The highest BCUT2D eigenvalue weighted by Crippen LogP contribution is 2.39. The zero-order valence-electron chi connectivity index (χ0n) is 14.3. The second-order valence-corrected chi connectivity index (χ2v) is 6.22.